The van der Waals surface area contributed by atoms with Crippen LogP contribution in [0.5, 0.6) is 0 Å². The van der Waals surface area contributed by atoms with Crippen LogP contribution in [-0.2, 0) is 40.5 Å². The molecule has 0 atom stereocenters. The topological polar surface area (TPSA) is 17.1 Å². The van der Waals surface area contributed by atoms with E-state index in [0.29, 0.717) is 0 Å². The molecule has 1 nitrogen and oxygen atoms in total. The van der Waals surface area contributed by atoms with E-state index in [0.717, 1.165) is 20.4 Å². The van der Waals surface area contributed by atoms with Crippen LogP contribution in [0.1, 0.15) is 5.71 Å². The van der Waals surface area contributed by atoms with E-state index in [4.69, 9.17) is 3.32 Å². The molecule has 0 saturated heterocycles. The average molecular weight is 352 g/mol. The van der Waals surface area contributed by atoms with Crippen LogP contribution in [0.25, 0.3) is 0 Å². The van der Waals surface area contributed by atoms with Gasteiger partial charge in [-0.1, -0.05) is 0 Å². The molecule has 5 heteroatoms. The maximum absolute atomic E-state index is 8.25. The molecule has 0 aliphatic heterocycles. The summed E-state index contributed by atoms with van der Waals surface area (Å²) in [6, 6.07) is 0. The van der Waals surface area contributed by atoms with Crippen LogP contribution < -0.4 is 0 Å². The van der Waals surface area contributed by atoms with Crippen LogP contribution in [0.3, 0.4) is 0 Å². The molecular formula is H4BaCoOSrTi. The Morgan fingerprint density at radius 1 is 1.40 bits per heavy atom. The molecule has 0 spiro atoms. The van der Waals surface area contributed by atoms with Crippen molar-refractivity contribution in [1.82, 2.24) is 0 Å². The molecule has 0 N–H and O–H groups in total. The number of hydrogen-bond acceptors (Lipinski definition) is 1. The third-order valence-electron chi connectivity index (χ3n) is 0. The third-order valence-corrected chi connectivity index (χ3v) is 0. The van der Waals surface area contributed by atoms with Crippen molar-refractivity contribution in [2.75, 3.05) is 0 Å². The first-order chi connectivity index (χ1) is 1.00. The fourth-order valence-corrected chi connectivity index (χ4v) is 0. The van der Waals surface area contributed by atoms with Crippen molar-refractivity contribution >= 4 is 94.4 Å². The predicted molar refractivity (Wildman–Crippen MR) is 16.6 cm³/mol. The van der Waals surface area contributed by atoms with Crippen LogP contribution >= 0.6 is 0 Å². The minimum absolute atomic E-state index is 0. The minimum Gasteiger partial charge on any atom is 2.00 e. The zero-order valence-electron chi connectivity index (χ0n) is 6.66. The Morgan fingerprint density at radius 2 is 1.40 bits per heavy atom. The van der Waals surface area contributed by atoms with Crippen molar-refractivity contribution < 1.29 is 46.2 Å². The van der Waals surface area contributed by atoms with E-state index < -0.39 is 0 Å². The fourth-order valence-electron chi connectivity index (χ4n) is 0. The van der Waals surface area contributed by atoms with Gasteiger partial charge in [-0.3, -0.25) is 0 Å². The smallest absolute Gasteiger partial charge is 2.00 e. The summed E-state index contributed by atoms with van der Waals surface area (Å²) in [7, 11) is 0. The van der Waals surface area contributed by atoms with Gasteiger partial charge in [-0.15, -0.1) is 0 Å². The van der Waals surface area contributed by atoms with Crippen molar-refractivity contribution in [2.24, 2.45) is 0 Å². The molecule has 0 saturated carbocycles. The van der Waals surface area contributed by atoms with Crippen LogP contribution in [0, 0.1) is 0 Å². The van der Waals surface area contributed by atoms with Gasteiger partial charge in [0.15, 0.2) is 0 Å². The SMILES string of the molecule is [Ba+2].[Co].[H-].[H-].[H-].[H-].[O]=[Ti].[Sr+2]. The van der Waals surface area contributed by atoms with E-state index in [1.165, 1.54) is 0 Å². The van der Waals surface area contributed by atoms with E-state index >= 15 is 0 Å². The normalized spacial score (nSPS) is 0.600. The molecule has 0 amide bonds. The standard InChI is InChI=1S/Ba.Co.O.Sr.Ti.4H/q+2;;;+2;;4*-1. The molecule has 0 aliphatic rings. The molecule has 1 radical (unpaired) electrons. The monoisotopic (exact) mass is 353 g/mol. The van der Waals surface area contributed by atoms with E-state index in [-0.39, 0.29) is 117 Å². The van der Waals surface area contributed by atoms with Crippen LogP contribution in [0.2, 0.25) is 0 Å². The largest absolute Gasteiger partial charge is 2.00 e. The van der Waals surface area contributed by atoms with Crippen LogP contribution in [-0.4, -0.2) is 94.4 Å². The Morgan fingerprint density at radius 3 is 1.40 bits per heavy atom. The minimum atomic E-state index is 0. The van der Waals surface area contributed by atoms with Crippen molar-refractivity contribution in [1.29, 1.82) is 0 Å². The number of hydrogen-bond donors (Lipinski definition) is 0. The molecule has 0 bridgehead atoms. The van der Waals surface area contributed by atoms with Crippen LogP contribution in [0.15, 0.2) is 0 Å². The summed E-state index contributed by atoms with van der Waals surface area (Å²) < 4.78 is 8.25. The second-order valence-corrected chi connectivity index (χ2v) is 0. The zero-order chi connectivity index (χ0) is 2.00. The van der Waals surface area contributed by atoms with Crippen molar-refractivity contribution in [3.63, 3.8) is 0 Å². The van der Waals surface area contributed by atoms with E-state index in [9.17, 15) is 0 Å². The molecular weight excluding hydrogens is 348 g/mol. The van der Waals surface area contributed by atoms with Gasteiger partial charge in [-0.25, -0.2) is 0 Å². The summed E-state index contributed by atoms with van der Waals surface area (Å²) in [5.41, 5.74) is 0. The van der Waals surface area contributed by atoms with Gasteiger partial charge in [0.1, 0.15) is 0 Å². The van der Waals surface area contributed by atoms with Crippen LogP contribution in [0.4, 0.5) is 0 Å². The van der Waals surface area contributed by atoms with Gasteiger partial charge in [0.05, 0.1) is 0 Å². The Kier molecular flexibility index (Phi) is 112. The predicted octanol–water partition coefficient (Wildman–Crippen LogP) is -0.435. The van der Waals surface area contributed by atoms with Gasteiger partial charge in [0.2, 0.25) is 0 Å². The van der Waals surface area contributed by atoms with E-state index in [1.807, 2.05) is 0 Å². The first kappa shape index (κ1) is 23.0. The van der Waals surface area contributed by atoms with Gasteiger partial charge in [0.25, 0.3) is 0 Å². The van der Waals surface area contributed by atoms with Crippen molar-refractivity contribution in [3.05, 3.63) is 0 Å². The van der Waals surface area contributed by atoms with Gasteiger partial charge in [0, 0.05) is 16.8 Å². The van der Waals surface area contributed by atoms with E-state index in [1.54, 1.807) is 0 Å². The van der Waals surface area contributed by atoms with Gasteiger partial charge in [-0.2, -0.15) is 0 Å². The molecule has 0 aromatic rings. The first-order valence-electron chi connectivity index (χ1n) is 0.204. The molecule has 0 aromatic heterocycles. The summed E-state index contributed by atoms with van der Waals surface area (Å²) in [5, 5.41) is 0. The third kappa shape index (κ3) is 17.9. The quantitative estimate of drug-likeness (QED) is 0.541. The van der Waals surface area contributed by atoms with Gasteiger partial charge < -0.3 is 5.71 Å². The van der Waals surface area contributed by atoms with Gasteiger partial charge >= 0.3 is 118 Å². The number of rotatable bonds is 0. The summed E-state index contributed by atoms with van der Waals surface area (Å²) in [6.45, 7) is 0. The summed E-state index contributed by atoms with van der Waals surface area (Å²) in [6.07, 6.45) is 0. The Labute approximate surface area is 137 Å². The first-order valence-corrected chi connectivity index (χ1v) is 0.842. The molecule has 0 heterocycles. The van der Waals surface area contributed by atoms with Crippen molar-refractivity contribution in [3.8, 4) is 0 Å². The maximum Gasteiger partial charge on any atom is 2.00 e. The van der Waals surface area contributed by atoms with E-state index in [2.05, 4.69) is 0 Å². The molecule has 0 unspecified atom stereocenters. The van der Waals surface area contributed by atoms with Crippen molar-refractivity contribution in [2.45, 2.75) is 0 Å². The summed E-state index contributed by atoms with van der Waals surface area (Å²) in [5.74, 6) is 0. The molecule has 0 aliphatic carbocycles. The Balaban J connectivity index is -0.000000000238. The fraction of sp³-hybridized carbons (Fsp3) is 0. The molecule has 0 aromatic carbocycles. The molecule has 27 valence electrons. The molecule has 5 heavy (non-hydrogen) atoms. The summed E-state index contributed by atoms with van der Waals surface area (Å²) >= 11 is 0.750. The average Bonchev–Trinajstić information content (AvgIpc) is 1.00. The van der Waals surface area contributed by atoms with Gasteiger partial charge in [-0.05, 0) is 0 Å². The Hall–Kier alpha value is 4.07. The zero-order valence-corrected chi connectivity index (χ0v) is 13.2. The molecule has 0 rings (SSSR count). The maximum atomic E-state index is 8.25. The second kappa shape index (κ2) is 24.3. The summed E-state index contributed by atoms with van der Waals surface area (Å²) in [4.78, 5) is 0. The second-order valence-electron chi connectivity index (χ2n) is 0. The Bertz CT molecular complexity index is 20.5. The molecule has 0 fully saturated rings.